The van der Waals surface area contributed by atoms with Crippen LogP contribution in [0.2, 0.25) is 0 Å². The van der Waals surface area contributed by atoms with E-state index in [9.17, 15) is 10.2 Å². The average Bonchev–Trinajstić information content (AvgIpc) is 2.40. The zero-order chi connectivity index (χ0) is 12.8. The van der Waals surface area contributed by atoms with Gasteiger partial charge < -0.3 is 10.2 Å². The highest BCUT2D eigenvalue weighted by Gasteiger charge is 2.24. The summed E-state index contributed by atoms with van der Waals surface area (Å²) in [5, 5.41) is 18.8. The highest BCUT2D eigenvalue weighted by Crippen LogP contribution is 2.24. The second kappa shape index (κ2) is 6.88. The first kappa shape index (κ1) is 13.5. The fourth-order valence-corrected chi connectivity index (χ4v) is 2.76. The van der Waals surface area contributed by atoms with E-state index in [4.69, 9.17) is 0 Å². The molecule has 2 rings (SSSR count). The van der Waals surface area contributed by atoms with Crippen molar-refractivity contribution in [2.45, 2.75) is 44.4 Å². The summed E-state index contributed by atoms with van der Waals surface area (Å²) in [4.78, 5) is 2.35. The first-order valence-corrected chi connectivity index (χ1v) is 6.86. The number of hydrogen-bond donors (Lipinski definition) is 2. The van der Waals surface area contributed by atoms with Gasteiger partial charge in [0.1, 0.15) is 0 Å². The molecule has 0 heterocycles. The third-order valence-electron chi connectivity index (χ3n) is 3.80. The number of benzene rings is 1. The summed E-state index contributed by atoms with van der Waals surface area (Å²) in [7, 11) is 0. The van der Waals surface area contributed by atoms with E-state index in [1.165, 1.54) is 5.56 Å². The van der Waals surface area contributed by atoms with Crippen molar-refractivity contribution in [3.8, 4) is 0 Å². The molecule has 0 radical (unpaired) electrons. The summed E-state index contributed by atoms with van der Waals surface area (Å²) in [5.41, 5.74) is 1.29. The molecule has 1 fully saturated rings. The van der Waals surface area contributed by atoms with E-state index in [0.717, 1.165) is 38.8 Å². The minimum absolute atomic E-state index is 0.117. The largest absolute Gasteiger partial charge is 0.395 e. The van der Waals surface area contributed by atoms with Gasteiger partial charge in [0, 0.05) is 19.1 Å². The second-order valence-corrected chi connectivity index (χ2v) is 5.14. The van der Waals surface area contributed by atoms with E-state index < -0.39 is 0 Å². The molecule has 0 saturated heterocycles. The van der Waals surface area contributed by atoms with Gasteiger partial charge in [-0.3, -0.25) is 4.90 Å². The van der Waals surface area contributed by atoms with Crippen molar-refractivity contribution >= 4 is 0 Å². The van der Waals surface area contributed by atoms with E-state index in [-0.39, 0.29) is 12.7 Å². The first-order valence-electron chi connectivity index (χ1n) is 6.86. The number of aliphatic hydroxyl groups excluding tert-OH is 2. The van der Waals surface area contributed by atoms with E-state index in [2.05, 4.69) is 29.2 Å². The molecule has 1 aliphatic carbocycles. The van der Waals surface area contributed by atoms with E-state index in [0.29, 0.717) is 6.04 Å². The van der Waals surface area contributed by atoms with Gasteiger partial charge in [-0.05, 0) is 31.2 Å². The predicted octanol–water partition coefficient (Wildman–Crippen LogP) is 1.78. The molecular formula is C15H23NO2. The van der Waals surface area contributed by atoms with Crippen LogP contribution in [0, 0.1) is 0 Å². The molecule has 0 aromatic heterocycles. The quantitative estimate of drug-likeness (QED) is 0.836. The van der Waals surface area contributed by atoms with E-state index in [1.807, 2.05) is 6.07 Å². The zero-order valence-corrected chi connectivity index (χ0v) is 10.8. The Bertz CT molecular complexity index is 334. The topological polar surface area (TPSA) is 43.7 Å². The molecule has 3 heteroatoms. The van der Waals surface area contributed by atoms with Crippen molar-refractivity contribution in [1.29, 1.82) is 0 Å². The maximum atomic E-state index is 9.56. The molecule has 0 spiro atoms. The third-order valence-corrected chi connectivity index (χ3v) is 3.80. The highest BCUT2D eigenvalue weighted by atomic mass is 16.3. The van der Waals surface area contributed by atoms with Gasteiger partial charge >= 0.3 is 0 Å². The normalized spacial score (nSPS) is 24.4. The van der Waals surface area contributed by atoms with E-state index >= 15 is 0 Å². The monoisotopic (exact) mass is 249 g/mol. The summed E-state index contributed by atoms with van der Waals surface area (Å²) in [5.74, 6) is 0. The first-order chi connectivity index (χ1) is 8.79. The molecule has 18 heavy (non-hydrogen) atoms. The smallest absolute Gasteiger partial charge is 0.0558 e. The molecule has 1 aromatic carbocycles. The van der Waals surface area contributed by atoms with Crippen molar-refractivity contribution < 1.29 is 10.2 Å². The number of aliphatic hydroxyl groups is 2. The van der Waals surface area contributed by atoms with Crippen molar-refractivity contribution in [3.05, 3.63) is 35.9 Å². The molecule has 0 unspecified atom stereocenters. The predicted molar refractivity (Wildman–Crippen MR) is 72.2 cm³/mol. The highest BCUT2D eigenvalue weighted by molar-refractivity contribution is 5.14. The van der Waals surface area contributed by atoms with Gasteiger partial charge in [-0.25, -0.2) is 0 Å². The summed E-state index contributed by atoms with van der Waals surface area (Å²) >= 11 is 0. The van der Waals surface area contributed by atoms with Crippen LogP contribution in [0.25, 0.3) is 0 Å². The van der Waals surface area contributed by atoms with E-state index in [1.54, 1.807) is 0 Å². The lowest BCUT2D eigenvalue weighted by Crippen LogP contribution is -2.40. The van der Waals surface area contributed by atoms with Gasteiger partial charge in [0.15, 0.2) is 0 Å². The number of rotatable bonds is 5. The molecule has 0 amide bonds. The Balaban J connectivity index is 1.95. The minimum Gasteiger partial charge on any atom is -0.395 e. The molecule has 1 aliphatic rings. The Morgan fingerprint density at radius 3 is 2.33 bits per heavy atom. The van der Waals surface area contributed by atoms with Gasteiger partial charge in [-0.2, -0.15) is 0 Å². The van der Waals surface area contributed by atoms with Gasteiger partial charge in [0.25, 0.3) is 0 Å². The molecule has 3 nitrogen and oxygen atoms in total. The standard InChI is InChI=1S/C15H23NO2/c17-11-10-16(12-13-4-2-1-3-5-13)14-6-8-15(18)9-7-14/h1-5,14-15,17-18H,6-12H2. The zero-order valence-electron chi connectivity index (χ0n) is 10.8. The summed E-state index contributed by atoms with van der Waals surface area (Å²) in [6.45, 7) is 1.81. The fraction of sp³-hybridized carbons (Fsp3) is 0.600. The van der Waals surface area contributed by atoms with Crippen LogP contribution in [0.3, 0.4) is 0 Å². The molecular weight excluding hydrogens is 226 g/mol. The molecule has 0 aliphatic heterocycles. The van der Waals surface area contributed by atoms with Crippen LogP contribution in [0.4, 0.5) is 0 Å². The lowest BCUT2D eigenvalue weighted by Gasteiger charge is -2.35. The van der Waals surface area contributed by atoms with Gasteiger partial charge in [0.2, 0.25) is 0 Å². The van der Waals surface area contributed by atoms with Crippen molar-refractivity contribution in [2.24, 2.45) is 0 Å². The fourth-order valence-electron chi connectivity index (χ4n) is 2.76. The van der Waals surface area contributed by atoms with Crippen LogP contribution in [0.5, 0.6) is 0 Å². The molecule has 100 valence electrons. The summed E-state index contributed by atoms with van der Waals surface area (Å²) in [6.07, 6.45) is 3.74. The maximum absolute atomic E-state index is 9.56. The molecule has 1 aromatic rings. The number of nitrogens with zero attached hydrogens (tertiary/aromatic N) is 1. The van der Waals surface area contributed by atoms with Crippen LogP contribution in [0.1, 0.15) is 31.2 Å². The molecule has 0 atom stereocenters. The molecule has 0 bridgehead atoms. The van der Waals surface area contributed by atoms with Crippen LogP contribution in [0.15, 0.2) is 30.3 Å². The lowest BCUT2D eigenvalue weighted by atomic mass is 9.91. The minimum atomic E-state index is -0.117. The third kappa shape index (κ3) is 3.80. The van der Waals surface area contributed by atoms with Crippen molar-refractivity contribution in [3.63, 3.8) is 0 Å². The Labute approximate surface area is 109 Å². The van der Waals surface area contributed by atoms with Crippen LogP contribution in [-0.4, -0.2) is 40.4 Å². The Morgan fingerprint density at radius 1 is 1.06 bits per heavy atom. The lowest BCUT2D eigenvalue weighted by molar-refractivity contribution is 0.0612. The van der Waals surface area contributed by atoms with Gasteiger partial charge in [-0.1, -0.05) is 30.3 Å². The second-order valence-electron chi connectivity index (χ2n) is 5.14. The van der Waals surface area contributed by atoms with Gasteiger partial charge in [0.05, 0.1) is 12.7 Å². The summed E-state index contributed by atoms with van der Waals surface area (Å²) in [6, 6.07) is 10.9. The van der Waals surface area contributed by atoms with Crippen LogP contribution < -0.4 is 0 Å². The maximum Gasteiger partial charge on any atom is 0.0558 e. The van der Waals surface area contributed by atoms with Crippen molar-refractivity contribution in [1.82, 2.24) is 4.90 Å². The number of hydrogen-bond acceptors (Lipinski definition) is 3. The molecule has 2 N–H and O–H groups in total. The Morgan fingerprint density at radius 2 is 1.72 bits per heavy atom. The van der Waals surface area contributed by atoms with Crippen molar-refractivity contribution in [2.75, 3.05) is 13.2 Å². The average molecular weight is 249 g/mol. The molecule has 1 saturated carbocycles. The summed E-state index contributed by atoms with van der Waals surface area (Å²) < 4.78 is 0. The van der Waals surface area contributed by atoms with Gasteiger partial charge in [-0.15, -0.1) is 0 Å². The Kier molecular flexibility index (Phi) is 5.17. The van der Waals surface area contributed by atoms with Crippen LogP contribution >= 0.6 is 0 Å². The SMILES string of the molecule is OCCN(Cc1ccccc1)C1CCC(O)CC1. The van der Waals surface area contributed by atoms with Crippen LogP contribution in [-0.2, 0) is 6.54 Å². The Hall–Kier alpha value is -0.900.